The van der Waals surface area contributed by atoms with E-state index in [9.17, 15) is 9.90 Å². The molecular formula is C17H18ClN3O2. The third-order valence-corrected chi connectivity index (χ3v) is 4.22. The number of hydrogen-bond donors (Lipinski definition) is 4. The van der Waals surface area contributed by atoms with Gasteiger partial charge in [0.1, 0.15) is 11.8 Å². The molecule has 1 saturated heterocycles. The van der Waals surface area contributed by atoms with Crippen molar-refractivity contribution in [1.29, 1.82) is 0 Å². The smallest absolute Gasteiger partial charge is 0.242 e. The van der Waals surface area contributed by atoms with Crippen molar-refractivity contribution in [2.45, 2.75) is 25.4 Å². The van der Waals surface area contributed by atoms with Gasteiger partial charge in [0, 0.05) is 16.3 Å². The number of amides is 1. The number of phenolic OH excluding ortho intramolecular Hbond substituents is 1. The summed E-state index contributed by atoms with van der Waals surface area (Å²) in [6.45, 7) is 1.95. The van der Waals surface area contributed by atoms with Crippen LogP contribution in [-0.2, 0) is 4.79 Å². The average Bonchev–Trinajstić information content (AvgIpc) is 3.02. The van der Waals surface area contributed by atoms with Gasteiger partial charge >= 0.3 is 0 Å². The van der Waals surface area contributed by atoms with Crippen LogP contribution in [0.4, 0.5) is 5.69 Å². The minimum Gasteiger partial charge on any atom is -0.508 e. The van der Waals surface area contributed by atoms with Crippen LogP contribution in [0.3, 0.4) is 0 Å². The maximum absolute atomic E-state index is 12.4. The fraction of sp³-hybridized carbons (Fsp3) is 0.235. The van der Waals surface area contributed by atoms with Gasteiger partial charge in [-0.3, -0.25) is 4.79 Å². The normalized spacial score (nSPS) is 20.4. The summed E-state index contributed by atoms with van der Waals surface area (Å²) >= 11 is 5.98. The number of carbonyl (C=O) groups is 1. The van der Waals surface area contributed by atoms with E-state index in [1.54, 1.807) is 18.2 Å². The standard InChI is InChI=1S/C17H18ClN3O2/c1-10-4-2-3-5-13(10)19-17(23)15-9-14(20-21-15)12-8-11(18)6-7-16(12)22/h2-8,14-15,20-22H,9H2,1H3,(H,19,23). The Hall–Kier alpha value is -2.08. The van der Waals surface area contributed by atoms with Crippen LogP contribution >= 0.6 is 11.6 Å². The first-order valence-electron chi connectivity index (χ1n) is 7.40. The van der Waals surface area contributed by atoms with Crippen molar-refractivity contribution < 1.29 is 9.90 Å². The van der Waals surface area contributed by atoms with Crippen LogP contribution in [0.1, 0.15) is 23.6 Å². The number of nitrogens with one attached hydrogen (secondary N) is 3. The van der Waals surface area contributed by atoms with Gasteiger partial charge in [0.25, 0.3) is 0 Å². The van der Waals surface area contributed by atoms with Gasteiger partial charge in [-0.1, -0.05) is 29.8 Å². The number of aromatic hydroxyl groups is 1. The van der Waals surface area contributed by atoms with E-state index in [0.717, 1.165) is 11.3 Å². The number of phenols is 1. The second-order valence-corrected chi connectivity index (χ2v) is 6.07. The molecule has 0 radical (unpaired) electrons. The van der Waals surface area contributed by atoms with E-state index in [0.29, 0.717) is 17.0 Å². The van der Waals surface area contributed by atoms with Gasteiger partial charge in [0.2, 0.25) is 5.91 Å². The molecule has 2 atom stereocenters. The van der Waals surface area contributed by atoms with E-state index in [-0.39, 0.29) is 17.7 Å². The molecule has 1 amide bonds. The molecule has 1 heterocycles. The maximum atomic E-state index is 12.4. The minimum absolute atomic E-state index is 0.115. The first-order valence-corrected chi connectivity index (χ1v) is 7.78. The number of hydrazine groups is 1. The Morgan fingerprint density at radius 3 is 2.83 bits per heavy atom. The highest BCUT2D eigenvalue weighted by Gasteiger charge is 2.31. The summed E-state index contributed by atoms with van der Waals surface area (Å²) in [5.41, 5.74) is 8.50. The van der Waals surface area contributed by atoms with Crippen molar-refractivity contribution in [3.63, 3.8) is 0 Å². The zero-order valence-corrected chi connectivity index (χ0v) is 13.4. The number of hydrogen-bond acceptors (Lipinski definition) is 4. The number of rotatable bonds is 3. The third-order valence-electron chi connectivity index (χ3n) is 3.99. The van der Waals surface area contributed by atoms with Crippen molar-refractivity contribution in [2.75, 3.05) is 5.32 Å². The van der Waals surface area contributed by atoms with Gasteiger partial charge < -0.3 is 10.4 Å². The second kappa shape index (κ2) is 6.58. The number of benzene rings is 2. The lowest BCUT2D eigenvalue weighted by atomic mass is 10.0. The largest absolute Gasteiger partial charge is 0.508 e. The second-order valence-electron chi connectivity index (χ2n) is 5.64. The average molecular weight is 332 g/mol. The fourth-order valence-corrected chi connectivity index (χ4v) is 2.85. The molecule has 0 spiro atoms. The lowest BCUT2D eigenvalue weighted by molar-refractivity contribution is -0.117. The molecular weight excluding hydrogens is 314 g/mol. The summed E-state index contributed by atoms with van der Waals surface area (Å²) in [4.78, 5) is 12.4. The number of carbonyl (C=O) groups excluding carboxylic acids is 1. The Kier molecular flexibility index (Phi) is 4.52. The first kappa shape index (κ1) is 15.8. The molecule has 0 saturated carbocycles. The van der Waals surface area contributed by atoms with Crippen LogP contribution < -0.4 is 16.2 Å². The van der Waals surface area contributed by atoms with E-state index < -0.39 is 6.04 Å². The van der Waals surface area contributed by atoms with Gasteiger partial charge in [-0.25, -0.2) is 10.9 Å². The maximum Gasteiger partial charge on any atom is 0.242 e. The zero-order valence-electron chi connectivity index (χ0n) is 12.6. The number of halogens is 1. The van der Waals surface area contributed by atoms with Crippen LogP contribution in [0.15, 0.2) is 42.5 Å². The summed E-state index contributed by atoms with van der Waals surface area (Å²) in [7, 11) is 0. The van der Waals surface area contributed by atoms with E-state index in [1.165, 1.54) is 0 Å². The number of aryl methyl sites for hydroxylation is 1. The summed E-state index contributed by atoms with van der Waals surface area (Å²) < 4.78 is 0. The van der Waals surface area contributed by atoms with E-state index in [4.69, 9.17) is 11.6 Å². The van der Waals surface area contributed by atoms with Crippen LogP contribution in [0.25, 0.3) is 0 Å². The van der Waals surface area contributed by atoms with E-state index >= 15 is 0 Å². The summed E-state index contributed by atoms with van der Waals surface area (Å²) in [5, 5.41) is 13.4. The highest BCUT2D eigenvalue weighted by molar-refractivity contribution is 6.30. The Bertz CT molecular complexity index is 736. The quantitative estimate of drug-likeness (QED) is 0.698. The van der Waals surface area contributed by atoms with Gasteiger partial charge in [-0.15, -0.1) is 0 Å². The highest BCUT2D eigenvalue weighted by atomic mass is 35.5. The molecule has 6 heteroatoms. The molecule has 23 heavy (non-hydrogen) atoms. The van der Waals surface area contributed by atoms with Gasteiger partial charge in [0.15, 0.2) is 0 Å². The molecule has 0 bridgehead atoms. The summed E-state index contributed by atoms with van der Waals surface area (Å²) in [6.07, 6.45) is 0.519. The molecule has 1 fully saturated rings. The Balaban J connectivity index is 1.69. The molecule has 3 rings (SSSR count). The Morgan fingerprint density at radius 2 is 2.04 bits per heavy atom. The van der Waals surface area contributed by atoms with Gasteiger partial charge in [-0.2, -0.15) is 0 Å². The molecule has 2 aromatic carbocycles. The third kappa shape index (κ3) is 3.47. The predicted octanol–water partition coefficient (Wildman–Crippen LogP) is 2.90. The highest BCUT2D eigenvalue weighted by Crippen LogP contribution is 2.32. The lowest BCUT2D eigenvalue weighted by Crippen LogP contribution is -2.39. The summed E-state index contributed by atoms with van der Waals surface area (Å²) in [5.74, 6) is 0.0458. The topological polar surface area (TPSA) is 73.4 Å². The fourth-order valence-electron chi connectivity index (χ4n) is 2.67. The van der Waals surface area contributed by atoms with E-state index in [2.05, 4.69) is 16.2 Å². The van der Waals surface area contributed by atoms with Gasteiger partial charge in [-0.05, 0) is 43.2 Å². The van der Waals surface area contributed by atoms with Crippen molar-refractivity contribution in [1.82, 2.24) is 10.9 Å². The van der Waals surface area contributed by atoms with Crippen molar-refractivity contribution in [3.8, 4) is 5.75 Å². The molecule has 1 aliphatic heterocycles. The van der Waals surface area contributed by atoms with Gasteiger partial charge in [0.05, 0.1) is 6.04 Å². The van der Waals surface area contributed by atoms with Crippen molar-refractivity contribution in [3.05, 3.63) is 58.6 Å². The molecule has 4 N–H and O–H groups in total. The molecule has 2 aromatic rings. The molecule has 5 nitrogen and oxygen atoms in total. The molecule has 2 unspecified atom stereocenters. The van der Waals surface area contributed by atoms with Crippen molar-refractivity contribution in [2.24, 2.45) is 0 Å². The minimum atomic E-state index is -0.391. The molecule has 120 valence electrons. The monoisotopic (exact) mass is 331 g/mol. The van der Waals surface area contributed by atoms with E-state index in [1.807, 2.05) is 31.2 Å². The molecule has 0 aromatic heterocycles. The molecule has 0 aliphatic carbocycles. The van der Waals surface area contributed by atoms with Crippen LogP contribution in [-0.4, -0.2) is 17.1 Å². The Morgan fingerprint density at radius 1 is 1.26 bits per heavy atom. The number of anilines is 1. The van der Waals surface area contributed by atoms with Crippen LogP contribution in [0.2, 0.25) is 5.02 Å². The predicted molar refractivity (Wildman–Crippen MR) is 90.3 cm³/mol. The first-order chi connectivity index (χ1) is 11.0. The van der Waals surface area contributed by atoms with Crippen molar-refractivity contribution >= 4 is 23.2 Å². The Labute approximate surface area is 139 Å². The zero-order chi connectivity index (χ0) is 16.4. The molecule has 1 aliphatic rings. The van der Waals surface area contributed by atoms with Crippen LogP contribution in [0.5, 0.6) is 5.75 Å². The van der Waals surface area contributed by atoms with Crippen LogP contribution in [0, 0.1) is 6.92 Å². The SMILES string of the molecule is Cc1ccccc1NC(=O)C1CC(c2cc(Cl)ccc2O)NN1. The summed E-state index contributed by atoms with van der Waals surface area (Å²) in [6, 6.07) is 12.0. The lowest BCUT2D eigenvalue weighted by Gasteiger charge is -2.13. The number of para-hydroxylation sites is 1.